The second kappa shape index (κ2) is 4.47. The van der Waals surface area contributed by atoms with Crippen LogP contribution in [-0.4, -0.2) is 21.0 Å². The fraction of sp³-hybridized carbons (Fsp3) is 0. The van der Waals surface area contributed by atoms with E-state index < -0.39 is 11.8 Å². The Morgan fingerprint density at radius 3 is 2.82 bits per heavy atom. The molecule has 6 heteroatoms. The van der Waals surface area contributed by atoms with Crippen molar-refractivity contribution < 1.29 is 14.3 Å². The molecule has 0 amide bonds. The highest BCUT2D eigenvalue weighted by Gasteiger charge is 2.12. The lowest BCUT2D eigenvalue weighted by atomic mass is 10.1. The average molecular weight is 253 g/mol. The van der Waals surface area contributed by atoms with E-state index >= 15 is 0 Å². The van der Waals surface area contributed by atoms with Gasteiger partial charge in [0.2, 0.25) is 5.82 Å². The van der Waals surface area contributed by atoms with Crippen molar-refractivity contribution in [1.82, 2.24) is 9.97 Å². The van der Waals surface area contributed by atoms with Gasteiger partial charge in [-0.25, -0.2) is 19.2 Å². The quantitative estimate of drug-likeness (QED) is 0.892. The first-order valence-electron chi connectivity index (χ1n) is 4.59. The molecule has 1 aromatic heterocycles. The number of nitrogens with zero attached hydrogens (tertiary/aromatic N) is 2. The highest BCUT2D eigenvalue weighted by molar-refractivity contribution is 6.32. The SMILES string of the molecule is O=C(O)c1ncc(Cl)c(-c2cccc(F)c2)n1. The van der Waals surface area contributed by atoms with Gasteiger partial charge in [-0.3, -0.25) is 0 Å². The summed E-state index contributed by atoms with van der Waals surface area (Å²) in [6, 6.07) is 5.57. The lowest BCUT2D eigenvalue weighted by molar-refractivity contribution is 0.0683. The zero-order valence-electron chi connectivity index (χ0n) is 8.39. The van der Waals surface area contributed by atoms with Gasteiger partial charge in [0.15, 0.2) is 0 Å². The molecular weight excluding hydrogens is 247 g/mol. The molecule has 0 aliphatic heterocycles. The Kier molecular flexibility index (Phi) is 3.01. The number of aromatic nitrogens is 2. The number of hydrogen-bond donors (Lipinski definition) is 1. The minimum absolute atomic E-state index is 0.167. The second-order valence-corrected chi connectivity index (χ2v) is 3.61. The number of halogens is 2. The van der Waals surface area contributed by atoms with Gasteiger partial charge in [0, 0.05) is 5.56 Å². The van der Waals surface area contributed by atoms with E-state index in [1.54, 1.807) is 6.07 Å². The maximum Gasteiger partial charge on any atom is 0.373 e. The van der Waals surface area contributed by atoms with Crippen LogP contribution in [0, 0.1) is 5.82 Å². The van der Waals surface area contributed by atoms with Crippen LogP contribution in [0.5, 0.6) is 0 Å². The molecule has 0 atom stereocenters. The largest absolute Gasteiger partial charge is 0.475 e. The van der Waals surface area contributed by atoms with E-state index in [0.717, 1.165) is 0 Å². The molecule has 0 bridgehead atoms. The molecule has 0 saturated carbocycles. The fourth-order valence-corrected chi connectivity index (χ4v) is 1.51. The van der Waals surface area contributed by atoms with Crippen LogP contribution in [0.4, 0.5) is 4.39 Å². The van der Waals surface area contributed by atoms with Crippen LogP contribution in [-0.2, 0) is 0 Å². The van der Waals surface area contributed by atoms with Gasteiger partial charge in [-0.2, -0.15) is 0 Å². The number of hydrogen-bond acceptors (Lipinski definition) is 3. The molecule has 86 valence electrons. The zero-order valence-corrected chi connectivity index (χ0v) is 9.15. The first-order valence-corrected chi connectivity index (χ1v) is 4.97. The summed E-state index contributed by atoms with van der Waals surface area (Å²) in [7, 11) is 0. The van der Waals surface area contributed by atoms with Gasteiger partial charge in [0.1, 0.15) is 5.82 Å². The monoisotopic (exact) mass is 252 g/mol. The summed E-state index contributed by atoms with van der Waals surface area (Å²) in [5, 5.41) is 8.93. The van der Waals surface area contributed by atoms with Gasteiger partial charge in [0.05, 0.1) is 16.9 Å². The van der Waals surface area contributed by atoms with E-state index in [1.807, 2.05) is 0 Å². The summed E-state index contributed by atoms with van der Waals surface area (Å²) in [4.78, 5) is 18.0. The zero-order chi connectivity index (χ0) is 12.4. The molecule has 0 fully saturated rings. The molecule has 0 unspecified atom stereocenters. The first-order chi connectivity index (χ1) is 8.08. The summed E-state index contributed by atoms with van der Waals surface area (Å²) in [6.45, 7) is 0. The Balaban J connectivity index is 2.58. The van der Waals surface area contributed by atoms with E-state index in [4.69, 9.17) is 16.7 Å². The molecule has 4 nitrogen and oxygen atoms in total. The first kappa shape index (κ1) is 11.5. The summed E-state index contributed by atoms with van der Waals surface area (Å²) in [6.07, 6.45) is 1.18. The minimum Gasteiger partial charge on any atom is -0.475 e. The summed E-state index contributed by atoms with van der Waals surface area (Å²) >= 11 is 5.85. The number of aromatic carboxylic acids is 1. The predicted octanol–water partition coefficient (Wildman–Crippen LogP) is 2.63. The van der Waals surface area contributed by atoms with Crippen molar-refractivity contribution in [3.63, 3.8) is 0 Å². The van der Waals surface area contributed by atoms with Crippen LogP contribution in [0.15, 0.2) is 30.5 Å². The van der Waals surface area contributed by atoms with Crippen molar-refractivity contribution in [2.24, 2.45) is 0 Å². The van der Waals surface area contributed by atoms with E-state index in [0.29, 0.717) is 5.56 Å². The third-order valence-electron chi connectivity index (χ3n) is 2.03. The number of carboxylic acids is 1. The van der Waals surface area contributed by atoms with Crippen LogP contribution in [0.1, 0.15) is 10.6 Å². The Labute approximate surface area is 101 Å². The number of carbonyl (C=O) groups is 1. The molecule has 2 rings (SSSR count). The number of benzene rings is 1. The molecule has 0 radical (unpaired) electrons. The Morgan fingerprint density at radius 2 is 2.18 bits per heavy atom. The summed E-state index contributed by atoms with van der Waals surface area (Å²) in [5.74, 6) is -2.10. The summed E-state index contributed by atoms with van der Waals surface area (Å²) in [5.41, 5.74) is 0.596. The second-order valence-electron chi connectivity index (χ2n) is 3.21. The molecule has 0 aliphatic rings. The van der Waals surface area contributed by atoms with Crippen molar-refractivity contribution in [3.05, 3.63) is 47.1 Å². The number of rotatable bonds is 2. The highest BCUT2D eigenvalue weighted by atomic mass is 35.5. The van der Waals surface area contributed by atoms with Gasteiger partial charge in [0.25, 0.3) is 0 Å². The predicted molar refractivity (Wildman–Crippen MR) is 59.4 cm³/mol. The van der Waals surface area contributed by atoms with Gasteiger partial charge < -0.3 is 5.11 Å². The van der Waals surface area contributed by atoms with Crippen LogP contribution in [0.25, 0.3) is 11.3 Å². The number of carboxylic acid groups (broad SMARTS) is 1. The van der Waals surface area contributed by atoms with Crippen LogP contribution in [0.3, 0.4) is 0 Å². The van der Waals surface area contributed by atoms with E-state index in [-0.39, 0.29) is 16.5 Å². The van der Waals surface area contributed by atoms with Crippen molar-refractivity contribution in [2.75, 3.05) is 0 Å². The molecule has 1 aromatic carbocycles. The smallest absolute Gasteiger partial charge is 0.373 e. The van der Waals surface area contributed by atoms with Gasteiger partial charge in [-0.15, -0.1) is 0 Å². The molecule has 1 N–H and O–H groups in total. The van der Waals surface area contributed by atoms with Crippen LogP contribution < -0.4 is 0 Å². The Hall–Kier alpha value is -2.01. The van der Waals surface area contributed by atoms with Crippen LogP contribution >= 0.6 is 11.6 Å². The molecule has 0 aliphatic carbocycles. The lowest BCUT2D eigenvalue weighted by Gasteiger charge is -2.04. The fourth-order valence-electron chi connectivity index (χ4n) is 1.31. The highest BCUT2D eigenvalue weighted by Crippen LogP contribution is 2.25. The molecule has 0 spiro atoms. The van der Waals surface area contributed by atoms with Gasteiger partial charge >= 0.3 is 5.97 Å². The van der Waals surface area contributed by atoms with Crippen molar-refractivity contribution in [3.8, 4) is 11.3 Å². The molecule has 1 heterocycles. The van der Waals surface area contributed by atoms with E-state index in [2.05, 4.69) is 9.97 Å². The third kappa shape index (κ3) is 2.39. The molecule has 2 aromatic rings. The molecule has 0 saturated heterocycles. The third-order valence-corrected chi connectivity index (χ3v) is 2.31. The maximum atomic E-state index is 13.0. The molecular formula is C11H6ClFN2O2. The topological polar surface area (TPSA) is 63.1 Å². The summed E-state index contributed by atoms with van der Waals surface area (Å²) < 4.78 is 13.0. The standard InChI is InChI=1S/C11H6ClFN2O2/c12-8-5-14-10(11(16)17)15-9(8)6-2-1-3-7(13)4-6/h1-5H,(H,16,17). The minimum atomic E-state index is -1.26. The average Bonchev–Trinajstić information content (AvgIpc) is 2.29. The Morgan fingerprint density at radius 1 is 1.41 bits per heavy atom. The van der Waals surface area contributed by atoms with Gasteiger partial charge in [-0.05, 0) is 12.1 Å². The van der Waals surface area contributed by atoms with Crippen molar-refractivity contribution in [2.45, 2.75) is 0 Å². The van der Waals surface area contributed by atoms with Crippen molar-refractivity contribution in [1.29, 1.82) is 0 Å². The normalized spacial score (nSPS) is 10.2. The van der Waals surface area contributed by atoms with Crippen LogP contribution in [0.2, 0.25) is 5.02 Å². The Bertz CT molecular complexity index is 589. The lowest BCUT2D eigenvalue weighted by Crippen LogP contribution is -2.04. The maximum absolute atomic E-state index is 13.0. The van der Waals surface area contributed by atoms with Crippen molar-refractivity contribution >= 4 is 17.6 Å². The molecule has 17 heavy (non-hydrogen) atoms. The van der Waals surface area contributed by atoms with Gasteiger partial charge in [-0.1, -0.05) is 23.7 Å². The van der Waals surface area contributed by atoms with E-state index in [9.17, 15) is 9.18 Å². The van der Waals surface area contributed by atoms with E-state index in [1.165, 1.54) is 24.4 Å².